The van der Waals surface area contributed by atoms with Gasteiger partial charge in [0.15, 0.2) is 0 Å². The number of carbonyl (C=O) groups excluding carboxylic acids is 1. The summed E-state index contributed by atoms with van der Waals surface area (Å²) in [5.74, 6) is -0.0983. The summed E-state index contributed by atoms with van der Waals surface area (Å²) in [4.78, 5) is 18.8. The van der Waals surface area contributed by atoms with Crippen LogP contribution < -0.4 is 0 Å². The van der Waals surface area contributed by atoms with E-state index in [-0.39, 0.29) is 11.7 Å². The Morgan fingerprint density at radius 2 is 1.96 bits per heavy atom. The van der Waals surface area contributed by atoms with Crippen LogP contribution in [0.1, 0.15) is 17.3 Å². The number of hydrogen-bond donors (Lipinski definition) is 0. The monoisotopic (exact) mass is 367 g/mol. The molecular weight excluding hydrogens is 350 g/mol. The van der Waals surface area contributed by atoms with Crippen LogP contribution in [-0.2, 0) is 10.0 Å². The third-order valence-electron chi connectivity index (χ3n) is 4.18. The summed E-state index contributed by atoms with van der Waals surface area (Å²) >= 11 is 6.12. The number of piperazine rings is 1. The topological polar surface area (TPSA) is 70.6 Å². The van der Waals surface area contributed by atoms with Crippen molar-refractivity contribution >= 4 is 38.4 Å². The first kappa shape index (κ1) is 17.1. The van der Waals surface area contributed by atoms with Crippen molar-refractivity contribution in [2.45, 2.75) is 6.92 Å². The average molecular weight is 368 g/mol. The van der Waals surface area contributed by atoms with E-state index >= 15 is 0 Å². The molecule has 24 heavy (non-hydrogen) atoms. The van der Waals surface area contributed by atoms with Crippen LogP contribution in [0.4, 0.5) is 0 Å². The van der Waals surface area contributed by atoms with E-state index < -0.39 is 10.0 Å². The lowest BCUT2D eigenvalue weighted by Gasteiger charge is -2.34. The van der Waals surface area contributed by atoms with Gasteiger partial charge in [0, 0.05) is 42.8 Å². The van der Waals surface area contributed by atoms with Gasteiger partial charge in [-0.25, -0.2) is 8.42 Å². The number of aromatic nitrogens is 1. The molecule has 0 N–H and O–H groups in total. The first-order chi connectivity index (χ1) is 11.4. The fourth-order valence-corrected chi connectivity index (χ4v) is 4.15. The van der Waals surface area contributed by atoms with Gasteiger partial charge in [-0.2, -0.15) is 4.31 Å². The SMILES string of the molecule is CCS(=O)(=O)N1CCN(C(=O)c2cc(Cl)cc3cccnc23)CC1. The standard InChI is InChI=1S/C16H18ClN3O3S/c1-2-24(22,23)20-8-6-19(7-9-20)16(21)14-11-13(17)10-12-4-3-5-18-15(12)14/h3-5,10-11H,2,6-9H2,1H3. The Hall–Kier alpha value is -1.70. The maximum Gasteiger partial charge on any atom is 0.256 e. The minimum Gasteiger partial charge on any atom is -0.336 e. The molecular formula is C16H18ClN3O3S. The number of rotatable bonds is 3. The molecule has 0 bridgehead atoms. The van der Waals surface area contributed by atoms with Crippen molar-refractivity contribution < 1.29 is 13.2 Å². The molecule has 2 heterocycles. The lowest BCUT2D eigenvalue weighted by Crippen LogP contribution is -2.50. The summed E-state index contributed by atoms with van der Waals surface area (Å²) in [5.41, 5.74) is 1.06. The summed E-state index contributed by atoms with van der Waals surface area (Å²) in [7, 11) is -3.21. The van der Waals surface area contributed by atoms with E-state index in [0.717, 1.165) is 5.39 Å². The Balaban J connectivity index is 1.84. The number of carbonyl (C=O) groups is 1. The number of sulfonamides is 1. The summed E-state index contributed by atoms with van der Waals surface area (Å²) in [6.45, 7) is 2.97. The molecule has 2 aromatic rings. The molecule has 0 saturated carbocycles. The molecule has 0 radical (unpaired) electrons. The maximum absolute atomic E-state index is 12.9. The quantitative estimate of drug-likeness (QED) is 0.831. The number of fused-ring (bicyclic) bond motifs is 1. The van der Waals surface area contributed by atoms with Gasteiger partial charge in [0.2, 0.25) is 10.0 Å². The van der Waals surface area contributed by atoms with Crippen molar-refractivity contribution in [3.63, 3.8) is 0 Å². The minimum atomic E-state index is -3.21. The van der Waals surface area contributed by atoms with Gasteiger partial charge in [0.1, 0.15) is 0 Å². The highest BCUT2D eigenvalue weighted by Crippen LogP contribution is 2.24. The Kier molecular flexibility index (Phi) is 4.76. The number of amides is 1. The number of hydrogen-bond acceptors (Lipinski definition) is 4. The smallest absolute Gasteiger partial charge is 0.256 e. The first-order valence-corrected chi connectivity index (χ1v) is 9.72. The number of pyridine rings is 1. The first-order valence-electron chi connectivity index (χ1n) is 7.74. The van der Waals surface area contributed by atoms with E-state index in [9.17, 15) is 13.2 Å². The van der Waals surface area contributed by atoms with Crippen molar-refractivity contribution in [2.75, 3.05) is 31.9 Å². The molecule has 1 aliphatic rings. The van der Waals surface area contributed by atoms with Gasteiger partial charge in [0.25, 0.3) is 5.91 Å². The van der Waals surface area contributed by atoms with Crippen molar-refractivity contribution in [1.29, 1.82) is 0 Å². The van der Waals surface area contributed by atoms with Gasteiger partial charge in [-0.15, -0.1) is 0 Å². The van der Waals surface area contributed by atoms with Crippen molar-refractivity contribution in [1.82, 2.24) is 14.2 Å². The molecule has 6 nitrogen and oxygen atoms in total. The van der Waals surface area contributed by atoms with Crippen LogP contribution in [-0.4, -0.2) is 60.4 Å². The molecule has 0 aliphatic carbocycles. The predicted octanol–water partition coefficient (Wildman–Crippen LogP) is 2.00. The molecule has 8 heteroatoms. The van der Waals surface area contributed by atoms with E-state index in [1.807, 2.05) is 6.07 Å². The van der Waals surface area contributed by atoms with Gasteiger partial charge in [0.05, 0.1) is 16.8 Å². The van der Waals surface area contributed by atoms with Crippen LogP contribution >= 0.6 is 11.6 Å². The van der Waals surface area contributed by atoms with E-state index in [2.05, 4.69) is 4.98 Å². The minimum absolute atomic E-state index is 0.0732. The molecule has 1 aromatic heterocycles. The number of halogens is 1. The number of benzene rings is 1. The van der Waals surface area contributed by atoms with Crippen LogP contribution in [0.3, 0.4) is 0 Å². The van der Waals surface area contributed by atoms with Crippen molar-refractivity contribution in [2.24, 2.45) is 0 Å². The molecule has 0 spiro atoms. The van der Waals surface area contributed by atoms with E-state index in [4.69, 9.17) is 11.6 Å². The zero-order chi connectivity index (χ0) is 17.3. The largest absolute Gasteiger partial charge is 0.336 e. The Labute approximate surface area is 146 Å². The Morgan fingerprint density at radius 3 is 2.62 bits per heavy atom. The summed E-state index contributed by atoms with van der Waals surface area (Å²) in [6.07, 6.45) is 1.64. The molecule has 1 amide bonds. The second-order valence-corrected chi connectivity index (χ2v) is 8.31. The molecule has 1 fully saturated rings. The van der Waals surface area contributed by atoms with Crippen LogP contribution in [0.15, 0.2) is 30.5 Å². The van der Waals surface area contributed by atoms with Gasteiger partial charge < -0.3 is 4.90 Å². The molecule has 0 unspecified atom stereocenters. The maximum atomic E-state index is 12.9. The molecule has 1 aliphatic heterocycles. The highest BCUT2D eigenvalue weighted by atomic mass is 35.5. The zero-order valence-corrected chi connectivity index (χ0v) is 14.8. The number of nitrogens with zero attached hydrogens (tertiary/aromatic N) is 3. The van der Waals surface area contributed by atoms with E-state index in [1.54, 1.807) is 36.2 Å². The molecule has 3 rings (SSSR count). The van der Waals surface area contributed by atoms with E-state index in [0.29, 0.717) is 42.3 Å². The summed E-state index contributed by atoms with van der Waals surface area (Å²) < 4.78 is 25.3. The summed E-state index contributed by atoms with van der Waals surface area (Å²) in [5, 5.41) is 1.28. The summed E-state index contributed by atoms with van der Waals surface area (Å²) in [6, 6.07) is 7.04. The average Bonchev–Trinajstić information content (AvgIpc) is 2.60. The van der Waals surface area contributed by atoms with Crippen LogP contribution in [0.25, 0.3) is 10.9 Å². The Bertz CT molecular complexity index is 877. The molecule has 1 aromatic carbocycles. The van der Waals surface area contributed by atoms with Gasteiger partial charge in [-0.1, -0.05) is 17.7 Å². The van der Waals surface area contributed by atoms with Gasteiger partial charge >= 0.3 is 0 Å². The van der Waals surface area contributed by atoms with Crippen LogP contribution in [0.2, 0.25) is 5.02 Å². The highest BCUT2D eigenvalue weighted by molar-refractivity contribution is 7.89. The molecule has 0 atom stereocenters. The predicted molar refractivity (Wildman–Crippen MR) is 93.7 cm³/mol. The highest BCUT2D eigenvalue weighted by Gasteiger charge is 2.29. The third kappa shape index (κ3) is 3.24. The molecule has 1 saturated heterocycles. The molecule has 128 valence electrons. The second-order valence-electron chi connectivity index (χ2n) is 5.62. The lowest BCUT2D eigenvalue weighted by atomic mass is 10.1. The van der Waals surface area contributed by atoms with Crippen LogP contribution in [0, 0.1) is 0 Å². The van der Waals surface area contributed by atoms with Gasteiger partial charge in [-0.3, -0.25) is 9.78 Å². The fraction of sp³-hybridized carbons (Fsp3) is 0.375. The normalized spacial score (nSPS) is 16.5. The van der Waals surface area contributed by atoms with Crippen molar-refractivity contribution in [3.8, 4) is 0 Å². The Morgan fingerprint density at radius 1 is 1.25 bits per heavy atom. The third-order valence-corrected chi connectivity index (χ3v) is 6.28. The van der Waals surface area contributed by atoms with E-state index in [1.165, 1.54) is 4.31 Å². The second kappa shape index (κ2) is 6.66. The lowest BCUT2D eigenvalue weighted by molar-refractivity contribution is 0.0700. The zero-order valence-electron chi connectivity index (χ0n) is 13.3. The fourth-order valence-electron chi connectivity index (χ4n) is 2.84. The van der Waals surface area contributed by atoms with Crippen molar-refractivity contribution in [3.05, 3.63) is 41.0 Å². The van der Waals surface area contributed by atoms with Crippen LogP contribution in [0.5, 0.6) is 0 Å². The van der Waals surface area contributed by atoms with Gasteiger partial charge in [-0.05, 0) is 25.1 Å².